The van der Waals surface area contributed by atoms with Crippen LogP contribution in [0.2, 0.25) is 0 Å². The smallest absolute Gasteiger partial charge is 0.259 e. The Kier molecular flexibility index (Phi) is 6.36. The Balaban J connectivity index is 1.56. The zero-order chi connectivity index (χ0) is 21.1. The van der Waals surface area contributed by atoms with Gasteiger partial charge in [0.25, 0.3) is 5.56 Å². The molecule has 3 heterocycles. The average Bonchev–Trinajstić information content (AvgIpc) is 2.78. The van der Waals surface area contributed by atoms with Crippen LogP contribution >= 0.6 is 0 Å². The molecule has 1 saturated heterocycles. The van der Waals surface area contributed by atoms with Gasteiger partial charge in [0.05, 0.1) is 33.7 Å². The molecule has 4 rings (SSSR count). The monoisotopic (exact) mass is 413 g/mol. The molecule has 1 aromatic heterocycles. The van der Waals surface area contributed by atoms with Gasteiger partial charge in [0, 0.05) is 36.6 Å². The van der Waals surface area contributed by atoms with Crippen LogP contribution in [0.25, 0.3) is 0 Å². The highest BCUT2D eigenvalue weighted by atomic mass is 16.5. The van der Waals surface area contributed by atoms with Gasteiger partial charge < -0.3 is 9.47 Å². The minimum Gasteiger partial charge on any atom is -0.497 e. The van der Waals surface area contributed by atoms with Crippen molar-refractivity contribution in [1.82, 2.24) is 19.4 Å². The number of hydrogen-bond donors (Lipinski definition) is 0. The van der Waals surface area contributed by atoms with Crippen LogP contribution in [0.5, 0.6) is 5.75 Å². The molecule has 162 valence electrons. The summed E-state index contributed by atoms with van der Waals surface area (Å²) >= 11 is 0. The Morgan fingerprint density at radius 1 is 1.03 bits per heavy atom. The van der Waals surface area contributed by atoms with E-state index in [2.05, 4.69) is 14.7 Å². The number of hydrogen-bond acceptors (Lipinski definition) is 7. The van der Waals surface area contributed by atoms with E-state index in [1.54, 1.807) is 11.7 Å². The van der Waals surface area contributed by atoms with E-state index in [1.165, 1.54) is 0 Å². The molecule has 30 heavy (non-hydrogen) atoms. The maximum absolute atomic E-state index is 13.0. The lowest BCUT2D eigenvalue weighted by Crippen LogP contribution is -2.48. The van der Waals surface area contributed by atoms with E-state index in [9.17, 15) is 4.79 Å². The number of morpholine rings is 1. The SMILES string of the molecule is COc1ccc(N2CN(CCCN3CCOCC3)Cn3c2nc(C)c(C)c3=O)cc1. The summed E-state index contributed by atoms with van der Waals surface area (Å²) in [6.45, 7) is 10.6. The lowest BCUT2D eigenvalue weighted by atomic mass is 10.2. The highest BCUT2D eigenvalue weighted by Gasteiger charge is 2.27. The summed E-state index contributed by atoms with van der Waals surface area (Å²) < 4.78 is 12.5. The van der Waals surface area contributed by atoms with E-state index in [4.69, 9.17) is 14.5 Å². The van der Waals surface area contributed by atoms with E-state index in [0.717, 1.165) is 62.9 Å². The number of fused-ring (bicyclic) bond motifs is 1. The van der Waals surface area contributed by atoms with Crippen LogP contribution in [-0.4, -0.2) is 72.5 Å². The molecule has 1 aromatic carbocycles. The second kappa shape index (κ2) is 9.16. The number of ether oxygens (including phenoxy) is 2. The Hall–Kier alpha value is -2.42. The molecule has 0 atom stereocenters. The summed E-state index contributed by atoms with van der Waals surface area (Å²) in [6, 6.07) is 7.91. The van der Waals surface area contributed by atoms with E-state index in [1.807, 2.05) is 38.1 Å². The van der Waals surface area contributed by atoms with Crippen LogP contribution in [0.15, 0.2) is 29.1 Å². The Labute approximate surface area is 177 Å². The van der Waals surface area contributed by atoms with E-state index in [-0.39, 0.29) is 5.56 Å². The molecule has 8 heteroatoms. The van der Waals surface area contributed by atoms with E-state index < -0.39 is 0 Å². The molecule has 0 unspecified atom stereocenters. The van der Waals surface area contributed by atoms with Gasteiger partial charge in [-0.1, -0.05) is 0 Å². The van der Waals surface area contributed by atoms with Crippen molar-refractivity contribution in [3.8, 4) is 5.75 Å². The van der Waals surface area contributed by atoms with Crippen molar-refractivity contribution < 1.29 is 9.47 Å². The number of methoxy groups -OCH3 is 1. The number of anilines is 2. The molecule has 8 nitrogen and oxygen atoms in total. The van der Waals surface area contributed by atoms with Crippen molar-refractivity contribution in [3.05, 3.63) is 45.9 Å². The highest BCUT2D eigenvalue weighted by Crippen LogP contribution is 2.29. The first-order chi connectivity index (χ1) is 14.6. The van der Waals surface area contributed by atoms with Crippen LogP contribution in [0, 0.1) is 13.8 Å². The van der Waals surface area contributed by atoms with Crippen LogP contribution in [0.3, 0.4) is 0 Å². The molecule has 1 fully saturated rings. The third-order valence-electron chi connectivity index (χ3n) is 5.98. The molecular formula is C22H31N5O3. The van der Waals surface area contributed by atoms with Gasteiger partial charge in [0.15, 0.2) is 0 Å². The highest BCUT2D eigenvalue weighted by molar-refractivity contribution is 5.59. The normalized spacial score (nSPS) is 17.8. The lowest BCUT2D eigenvalue weighted by molar-refractivity contribution is 0.0354. The molecule has 2 aliphatic heterocycles. The average molecular weight is 414 g/mol. The van der Waals surface area contributed by atoms with Gasteiger partial charge in [0.2, 0.25) is 5.95 Å². The summed E-state index contributed by atoms with van der Waals surface area (Å²) in [5, 5.41) is 0. The van der Waals surface area contributed by atoms with Gasteiger partial charge in [-0.15, -0.1) is 0 Å². The quantitative estimate of drug-likeness (QED) is 0.717. The van der Waals surface area contributed by atoms with E-state index >= 15 is 0 Å². The van der Waals surface area contributed by atoms with Gasteiger partial charge in [-0.3, -0.25) is 24.1 Å². The lowest BCUT2D eigenvalue weighted by Gasteiger charge is -2.38. The summed E-state index contributed by atoms with van der Waals surface area (Å²) in [5.41, 5.74) is 2.53. The summed E-state index contributed by atoms with van der Waals surface area (Å²) in [5.74, 6) is 1.52. The predicted molar refractivity (Wildman–Crippen MR) is 117 cm³/mol. The zero-order valence-electron chi connectivity index (χ0n) is 18.1. The number of benzene rings is 1. The molecule has 0 amide bonds. The number of nitrogens with zero attached hydrogens (tertiary/aromatic N) is 5. The fourth-order valence-electron chi connectivity index (χ4n) is 4.03. The first-order valence-electron chi connectivity index (χ1n) is 10.6. The van der Waals surface area contributed by atoms with Crippen molar-refractivity contribution in [1.29, 1.82) is 0 Å². The fraction of sp³-hybridized carbons (Fsp3) is 0.545. The number of rotatable bonds is 6. The minimum absolute atomic E-state index is 0.0360. The molecule has 0 saturated carbocycles. The summed E-state index contributed by atoms with van der Waals surface area (Å²) in [4.78, 5) is 24.7. The molecule has 0 N–H and O–H groups in total. The summed E-state index contributed by atoms with van der Waals surface area (Å²) in [7, 11) is 1.66. The van der Waals surface area contributed by atoms with E-state index in [0.29, 0.717) is 24.8 Å². The molecule has 0 aliphatic carbocycles. The molecule has 0 spiro atoms. The predicted octanol–water partition coefficient (Wildman–Crippen LogP) is 1.96. The van der Waals surface area contributed by atoms with Crippen LogP contribution < -0.4 is 15.2 Å². The fourth-order valence-corrected chi connectivity index (χ4v) is 4.03. The molecule has 2 aliphatic rings. The Morgan fingerprint density at radius 2 is 1.73 bits per heavy atom. The second-order valence-corrected chi connectivity index (χ2v) is 7.97. The largest absolute Gasteiger partial charge is 0.497 e. The maximum atomic E-state index is 13.0. The number of aryl methyl sites for hydroxylation is 1. The minimum atomic E-state index is 0.0360. The Bertz CT molecular complexity index is 922. The topological polar surface area (TPSA) is 63.1 Å². The molecular weight excluding hydrogens is 382 g/mol. The first-order valence-corrected chi connectivity index (χ1v) is 10.6. The van der Waals surface area contributed by atoms with Crippen LogP contribution in [0.4, 0.5) is 11.6 Å². The van der Waals surface area contributed by atoms with Crippen molar-refractivity contribution in [2.75, 3.05) is 58.1 Å². The van der Waals surface area contributed by atoms with Gasteiger partial charge in [-0.25, -0.2) is 4.98 Å². The molecule has 2 aromatic rings. The van der Waals surface area contributed by atoms with Gasteiger partial charge in [-0.05, 0) is 51.1 Å². The maximum Gasteiger partial charge on any atom is 0.259 e. The standard InChI is InChI=1S/C22H31N5O3/c1-17-18(2)23-22-26(19-5-7-20(29-3)8-6-19)15-25(16-27(22)21(17)28)10-4-9-24-11-13-30-14-12-24/h5-8H,4,9-16H2,1-3H3. The third-order valence-corrected chi connectivity index (χ3v) is 5.98. The zero-order valence-corrected chi connectivity index (χ0v) is 18.1. The Morgan fingerprint density at radius 3 is 2.43 bits per heavy atom. The third kappa shape index (κ3) is 4.35. The van der Waals surface area contributed by atoms with Gasteiger partial charge in [0.1, 0.15) is 5.75 Å². The molecule has 0 bridgehead atoms. The van der Waals surface area contributed by atoms with Crippen LogP contribution in [0.1, 0.15) is 17.7 Å². The number of aromatic nitrogens is 2. The van der Waals surface area contributed by atoms with Gasteiger partial charge >= 0.3 is 0 Å². The van der Waals surface area contributed by atoms with Crippen molar-refractivity contribution in [3.63, 3.8) is 0 Å². The first kappa shape index (κ1) is 20.8. The van der Waals surface area contributed by atoms with Crippen molar-refractivity contribution in [2.24, 2.45) is 0 Å². The second-order valence-electron chi connectivity index (χ2n) is 7.97. The molecule has 0 radical (unpaired) electrons. The van der Waals surface area contributed by atoms with Crippen molar-refractivity contribution >= 4 is 11.6 Å². The van der Waals surface area contributed by atoms with Gasteiger partial charge in [-0.2, -0.15) is 0 Å². The van der Waals surface area contributed by atoms with Crippen LogP contribution in [-0.2, 0) is 11.4 Å². The summed E-state index contributed by atoms with van der Waals surface area (Å²) in [6.07, 6.45) is 1.05. The van der Waals surface area contributed by atoms with Crippen molar-refractivity contribution in [2.45, 2.75) is 26.9 Å².